The van der Waals surface area contributed by atoms with Gasteiger partial charge in [-0.1, -0.05) is 66.7 Å². The molecule has 0 bridgehead atoms. The Bertz CT molecular complexity index is 1510. The highest BCUT2D eigenvalue weighted by molar-refractivity contribution is 6.11. The summed E-state index contributed by atoms with van der Waals surface area (Å²) in [5, 5.41) is 2.19. The van der Waals surface area contributed by atoms with Gasteiger partial charge in [-0.2, -0.15) is 0 Å². The summed E-state index contributed by atoms with van der Waals surface area (Å²) in [7, 11) is 1.58. The summed E-state index contributed by atoms with van der Waals surface area (Å²) in [6, 6.07) is 29.5. The van der Waals surface area contributed by atoms with E-state index in [1.807, 2.05) is 78.9 Å². The van der Waals surface area contributed by atoms with E-state index < -0.39 is 11.6 Å². The smallest absolute Gasteiger partial charge is 0.332 e. The van der Waals surface area contributed by atoms with Gasteiger partial charge in [0.15, 0.2) is 0 Å². The fraction of sp³-hybridized carbons (Fsp3) is 0.133. The number of nitrogens with zero attached hydrogens (tertiary/aromatic N) is 1. The largest absolute Gasteiger partial charge is 0.497 e. The van der Waals surface area contributed by atoms with E-state index in [0.29, 0.717) is 17.9 Å². The van der Waals surface area contributed by atoms with E-state index >= 15 is 0 Å². The third-order valence-corrected chi connectivity index (χ3v) is 6.83. The predicted octanol–water partition coefficient (Wildman–Crippen LogP) is 5.62. The van der Waals surface area contributed by atoms with Crippen LogP contribution < -0.4 is 9.64 Å². The third kappa shape index (κ3) is 3.48. The van der Waals surface area contributed by atoms with Gasteiger partial charge < -0.3 is 14.4 Å². The number of carbonyl (C=O) groups excluding carboxylic acids is 2. The van der Waals surface area contributed by atoms with Gasteiger partial charge in [0.1, 0.15) is 5.75 Å². The lowest BCUT2D eigenvalue weighted by Crippen LogP contribution is -2.45. The standard InChI is InChI=1S/C30H23NO4/c1-34-25-13-14-27-26(17-25)30(29(33)31(27)19-20-7-3-2-4-8-20)18-24(16-28(32)35-30)23-12-11-21-9-5-6-10-22(21)15-23/h2-17H,18-19H2,1H3/t30-/m0/s1. The second-order valence-corrected chi connectivity index (χ2v) is 8.92. The van der Waals surface area contributed by atoms with Gasteiger partial charge in [-0.3, -0.25) is 4.79 Å². The van der Waals surface area contributed by atoms with Crippen molar-refractivity contribution in [3.63, 3.8) is 0 Å². The van der Waals surface area contributed by atoms with Crippen LogP contribution in [0.5, 0.6) is 5.75 Å². The van der Waals surface area contributed by atoms with Crippen LogP contribution >= 0.6 is 0 Å². The minimum atomic E-state index is -1.44. The molecule has 0 N–H and O–H groups in total. The normalized spacial score (nSPS) is 19.0. The Balaban J connectivity index is 1.46. The predicted molar refractivity (Wildman–Crippen MR) is 135 cm³/mol. The molecule has 5 heteroatoms. The first kappa shape index (κ1) is 21.2. The van der Waals surface area contributed by atoms with E-state index in [2.05, 4.69) is 12.1 Å². The molecule has 6 rings (SSSR count). The van der Waals surface area contributed by atoms with Crippen LogP contribution in [-0.2, 0) is 26.5 Å². The monoisotopic (exact) mass is 461 g/mol. The van der Waals surface area contributed by atoms with Crippen LogP contribution in [0.25, 0.3) is 16.3 Å². The van der Waals surface area contributed by atoms with E-state index in [1.165, 1.54) is 6.08 Å². The third-order valence-electron chi connectivity index (χ3n) is 6.83. The SMILES string of the molecule is COc1ccc2c(c1)[C@@]1(CC(c3ccc4ccccc4c3)=CC(=O)O1)C(=O)N2Cc1ccccc1. The first-order valence-electron chi connectivity index (χ1n) is 11.5. The molecule has 2 heterocycles. The number of carbonyl (C=O) groups is 2. The molecule has 4 aromatic carbocycles. The Labute approximate surface area is 203 Å². The summed E-state index contributed by atoms with van der Waals surface area (Å²) in [5.41, 5.74) is 2.61. The van der Waals surface area contributed by atoms with Gasteiger partial charge in [0, 0.05) is 18.1 Å². The summed E-state index contributed by atoms with van der Waals surface area (Å²) in [4.78, 5) is 28.7. The Morgan fingerprint density at radius 2 is 1.66 bits per heavy atom. The Morgan fingerprint density at radius 1 is 0.886 bits per heavy atom. The van der Waals surface area contributed by atoms with E-state index in [4.69, 9.17) is 9.47 Å². The maximum atomic E-state index is 14.1. The molecule has 2 aliphatic heterocycles. The van der Waals surface area contributed by atoms with Gasteiger partial charge >= 0.3 is 5.97 Å². The van der Waals surface area contributed by atoms with E-state index in [0.717, 1.165) is 33.2 Å². The number of benzene rings is 4. The van der Waals surface area contributed by atoms with Gasteiger partial charge in [0.25, 0.3) is 5.91 Å². The van der Waals surface area contributed by atoms with Crippen LogP contribution in [0.4, 0.5) is 5.69 Å². The van der Waals surface area contributed by atoms with Gasteiger partial charge in [0.05, 0.1) is 19.3 Å². The molecule has 0 radical (unpaired) electrons. The van der Waals surface area contributed by atoms with Gasteiger partial charge in [0.2, 0.25) is 5.60 Å². The lowest BCUT2D eigenvalue weighted by molar-refractivity contribution is -0.164. The molecule has 0 aliphatic carbocycles. The molecule has 0 fully saturated rings. The number of anilines is 1. The zero-order valence-electron chi connectivity index (χ0n) is 19.2. The van der Waals surface area contributed by atoms with Crippen molar-refractivity contribution >= 4 is 33.9 Å². The molecule has 0 saturated heterocycles. The summed E-state index contributed by atoms with van der Waals surface area (Å²) in [5.74, 6) is -0.164. The molecule has 0 unspecified atom stereocenters. The van der Waals surface area contributed by atoms with Crippen LogP contribution in [0.3, 0.4) is 0 Å². The second kappa shape index (κ2) is 8.13. The molecule has 1 spiro atoms. The molecule has 172 valence electrons. The zero-order chi connectivity index (χ0) is 24.0. The van der Waals surface area contributed by atoms with Crippen molar-refractivity contribution in [2.45, 2.75) is 18.6 Å². The van der Waals surface area contributed by atoms with Crippen molar-refractivity contribution in [3.8, 4) is 5.75 Å². The number of amides is 1. The van der Waals surface area contributed by atoms with Crippen molar-refractivity contribution < 1.29 is 19.1 Å². The van der Waals surface area contributed by atoms with E-state index in [9.17, 15) is 9.59 Å². The molecular weight excluding hydrogens is 438 g/mol. The first-order valence-corrected chi connectivity index (χ1v) is 11.5. The quantitative estimate of drug-likeness (QED) is 0.370. The van der Waals surface area contributed by atoms with Gasteiger partial charge in [-0.25, -0.2) is 4.79 Å². The summed E-state index contributed by atoms with van der Waals surface area (Å²) < 4.78 is 11.4. The van der Waals surface area contributed by atoms with Crippen molar-refractivity contribution in [2.75, 3.05) is 12.0 Å². The molecule has 0 aromatic heterocycles. The maximum Gasteiger partial charge on any atom is 0.332 e. The topological polar surface area (TPSA) is 55.8 Å². The molecule has 2 aliphatic rings. The van der Waals surface area contributed by atoms with Crippen LogP contribution in [0.1, 0.15) is 23.1 Å². The number of esters is 1. The minimum absolute atomic E-state index is 0.246. The van der Waals surface area contributed by atoms with Crippen LogP contribution in [-0.4, -0.2) is 19.0 Å². The molecule has 35 heavy (non-hydrogen) atoms. The molecule has 1 amide bonds. The lowest BCUT2D eigenvalue weighted by Gasteiger charge is -2.32. The average Bonchev–Trinajstić information content (AvgIpc) is 3.10. The molecule has 0 saturated carbocycles. The fourth-order valence-corrected chi connectivity index (χ4v) is 5.11. The second-order valence-electron chi connectivity index (χ2n) is 8.92. The van der Waals surface area contributed by atoms with Gasteiger partial charge in [-0.15, -0.1) is 0 Å². The highest BCUT2D eigenvalue weighted by atomic mass is 16.6. The number of hydrogen-bond donors (Lipinski definition) is 0. The number of fused-ring (bicyclic) bond motifs is 3. The Morgan fingerprint density at radius 3 is 2.46 bits per heavy atom. The van der Waals surface area contributed by atoms with Crippen molar-refractivity contribution in [1.29, 1.82) is 0 Å². The van der Waals surface area contributed by atoms with Crippen molar-refractivity contribution in [2.24, 2.45) is 0 Å². The summed E-state index contributed by atoms with van der Waals surface area (Å²) >= 11 is 0. The zero-order valence-corrected chi connectivity index (χ0v) is 19.2. The van der Waals surface area contributed by atoms with E-state index in [1.54, 1.807) is 12.0 Å². The Hall–Kier alpha value is -4.38. The maximum absolute atomic E-state index is 14.1. The van der Waals surface area contributed by atoms with Crippen LogP contribution in [0, 0.1) is 0 Å². The fourth-order valence-electron chi connectivity index (χ4n) is 5.11. The van der Waals surface area contributed by atoms with Gasteiger partial charge in [-0.05, 0) is 51.7 Å². The van der Waals surface area contributed by atoms with E-state index in [-0.39, 0.29) is 12.3 Å². The first-order chi connectivity index (χ1) is 17.1. The molecule has 5 nitrogen and oxygen atoms in total. The highest BCUT2D eigenvalue weighted by Gasteiger charge is 2.56. The Kier molecular flexibility index (Phi) is 4.92. The minimum Gasteiger partial charge on any atom is -0.497 e. The number of methoxy groups -OCH3 is 1. The van der Waals surface area contributed by atoms with Crippen molar-refractivity contribution in [1.82, 2.24) is 0 Å². The van der Waals surface area contributed by atoms with Crippen LogP contribution in [0.15, 0.2) is 97.1 Å². The summed E-state index contributed by atoms with van der Waals surface area (Å²) in [6.07, 6.45) is 1.75. The number of ether oxygens (including phenoxy) is 2. The van der Waals surface area contributed by atoms with Crippen molar-refractivity contribution in [3.05, 3.63) is 114 Å². The molecular formula is C30H23NO4. The number of rotatable bonds is 4. The molecule has 4 aromatic rings. The lowest BCUT2D eigenvalue weighted by atomic mass is 9.83. The number of hydrogen-bond acceptors (Lipinski definition) is 4. The molecule has 1 atom stereocenters. The summed E-state index contributed by atoms with van der Waals surface area (Å²) in [6.45, 7) is 0.382. The highest BCUT2D eigenvalue weighted by Crippen LogP contribution is 2.51. The average molecular weight is 462 g/mol. The van der Waals surface area contributed by atoms with Crippen LogP contribution in [0.2, 0.25) is 0 Å².